The van der Waals surface area contributed by atoms with E-state index in [2.05, 4.69) is 29.4 Å². The molecular formula is C11H19N3O. The van der Waals surface area contributed by atoms with Crippen molar-refractivity contribution in [1.29, 1.82) is 0 Å². The van der Waals surface area contributed by atoms with E-state index in [0.717, 1.165) is 25.3 Å². The van der Waals surface area contributed by atoms with Crippen LogP contribution in [0.3, 0.4) is 0 Å². The number of nitrogens with one attached hydrogen (secondary N) is 2. The third kappa shape index (κ3) is 2.06. The van der Waals surface area contributed by atoms with Crippen molar-refractivity contribution in [2.75, 3.05) is 6.61 Å². The van der Waals surface area contributed by atoms with E-state index < -0.39 is 0 Å². The Hall–Kier alpha value is -0.870. The summed E-state index contributed by atoms with van der Waals surface area (Å²) < 4.78 is 5.58. The van der Waals surface area contributed by atoms with Crippen LogP contribution < -0.4 is 5.32 Å². The van der Waals surface area contributed by atoms with Crippen molar-refractivity contribution >= 4 is 0 Å². The first-order chi connectivity index (χ1) is 7.12. The molecule has 2 N–H and O–H groups in total. The van der Waals surface area contributed by atoms with E-state index in [1.807, 2.05) is 13.1 Å². The van der Waals surface area contributed by atoms with E-state index in [0.29, 0.717) is 0 Å². The average Bonchev–Trinajstić information content (AvgIpc) is 2.73. The quantitative estimate of drug-likeness (QED) is 0.790. The Morgan fingerprint density at radius 1 is 1.73 bits per heavy atom. The second-order valence-electron chi connectivity index (χ2n) is 4.55. The Morgan fingerprint density at radius 3 is 3.07 bits per heavy atom. The third-order valence-corrected chi connectivity index (χ3v) is 3.50. The van der Waals surface area contributed by atoms with Crippen LogP contribution in [0, 0.1) is 6.92 Å². The Bertz CT molecular complexity index is 336. The predicted molar refractivity (Wildman–Crippen MR) is 58.6 cm³/mol. The van der Waals surface area contributed by atoms with Gasteiger partial charge in [-0.3, -0.25) is 5.10 Å². The van der Waals surface area contributed by atoms with E-state index in [-0.39, 0.29) is 11.6 Å². The van der Waals surface area contributed by atoms with Gasteiger partial charge in [-0.15, -0.1) is 0 Å². The Morgan fingerprint density at radius 2 is 2.53 bits per heavy atom. The predicted octanol–water partition coefficient (Wildman–Crippen LogP) is 1.38. The molecule has 2 rings (SSSR count). The lowest BCUT2D eigenvalue weighted by Crippen LogP contribution is -2.47. The van der Waals surface area contributed by atoms with Gasteiger partial charge in [-0.2, -0.15) is 5.10 Å². The number of aromatic amines is 1. The van der Waals surface area contributed by atoms with Crippen molar-refractivity contribution < 1.29 is 4.74 Å². The van der Waals surface area contributed by atoms with Crippen molar-refractivity contribution in [3.63, 3.8) is 0 Å². The number of rotatable bonds is 3. The summed E-state index contributed by atoms with van der Waals surface area (Å²) in [5.74, 6) is 0. The SMILES string of the molecule is Cc1[nH]ncc1CNC1(C)CCOC1C. The zero-order valence-corrected chi connectivity index (χ0v) is 9.63. The zero-order valence-electron chi connectivity index (χ0n) is 9.63. The van der Waals surface area contributed by atoms with Crippen LogP contribution in [0.1, 0.15) is 31.5 Å². The van der Waals surface area contributed by atoms with E-state index >= 15 is 0 Å². The van der Waals surface area contributed by atoms with Gasteiger partial charge in [-0.25, -0.2) is 0 Å². The molecule has 0 aliphatic carbocycles. The van der Waals surface area contributed by atoms with Gasteiger partial charge in [-0.05, 0) is 27.2 Å². The van der Waals surface area contributed by atoms with Crippen LogP contribution in [0.4, 0.5) is 0 Å². The number of hydrogen-bond donors (Lipinski definition) is 2. The molecule has 0 saturated carbocycles. The monoisotopic (exact) mass is 209 g/mol. The summed E-state index contributed by atoms with van der Waals surface area (Å²) >= 11 is 0. The molecule has 1 aliphatic rings. The molecule has 1 aromatic heterocycles. The van der Waals surface area contributed by atoms with E-state index in [4.69, 9.17) is 4.74 Å². The summed E-state index contributed by atoms with van der Waals surface area (Å²) in [5.41, 5.74) is 2.47. The molecule has 1 aliphatic heterocycles. The third-order valence-electron chi connectivity index (χ3n) is 3.50. The van der Waals surface area contributed by atoms with Crippen molar-refractivity contribution in [2.45, 2.75) is 45.4 Å². The first kappa shape index (κ1) is 10.6. The number of aromatic nitrogens is 2. The van der Waals surface area contributed by atoms with Crippen LogP contribution in [-0.2, 0) is 11.3 Å². The average molecular weight is 209 g/mol. The molecule has 0 spiro atoms. The molecular weight excluding hydrogens is 190 g/mol. The Kier molecular flexibility index (Phi) is 2.80. The lowest BCUT2D eigenvalue weighted by molar-refractivity contribution is 0.0881. The fourth-order valence-electron chi connectivity index (χ4n) is 1.92. The van der Waals surface area contributed by atoms with Crippen molar-refractivity contribution in [3.8, 4) is 0 Å². The highest BCUT2D eigenvalue weighted by atomic mass is 16.5. The van der Waals surface area contributed by atoms with E-state index in [9.17, 15) is 0 Å². The highest BCUT2D eigenvalue weighted by Crippen LogP contribution is 2.25. The zero-order chi connectivity index (χ0) is 10.9. The van der Waals surface area contributed by atoms with Gasteiger partial charge in [0.1, 0.15) is 0 Å². The first-order valence-corrected chi connectivity index (χ1v) is 5.47. The van der Waals surface area contributed by atoms with Gasteiger partial charge in [0.05, 0.1) is 12.3 Å². The van der Waals surface area contributed by atoms with Gasteiger partial charge >= 0.3 is 0 Å². The minimum atomic E-state index is 0.101. The van der Waals surface area contributed by atoms with Gasteiger partial charge in [0, 0.05) is 29.9 Å². The summed E-state index contributed by atoms with van der Waals surface area (Å²) in [6.07, 6.45) is 3.24. The summed E-state index contributed by atoms with van der Waals surface area (Å²) in [5, 5.41) is 10.5. The van der Waals surface area contributed by atoms with Crippen molar-refractivity contribution in [1.82, 2.24) is 15.5 Å². The molecule has 1 aromatic rings. The molecule has 84 valence electrons. The molecule has 0 amide bonds. The summed E-state index contributed by atoms with van der Waals surface area (Å²) in [7, 11) is 0. The van der Waals surface area contributed by atoms with Crippen LogP contribution in [0.2, 0.25) is 0 Å². The number of nitrogens with zero attached hydrogens (tertiary/aromatic N) is 1. The molecule has 1 fully saturated rings. The van der Waals surface area contributed by atoms with Gasteiger partial charge in [0.2, 0.25) is 0 Å². The second kappa shape index (κ2) is 3.94. The maximum Gasteiger partial charge on any atom is 0.0726 e. The molecule has 4 heteroatoms. The highest BCUT2D eigenvalue weighted by Gasteiger charge is 2.36. The molecule has 2 atom stereocenters. The maximum absolute atomic E-state index is 5.58. The second-order valence-corrected chi connectivity index (χ2v) is 4.55. The topological polar surface area (TPSA) is 49.9 Å². The minimum Gasteiger partial charge on any atom is -0.377 e. The lowest BCUT2D eigenvalue weighted by atomic mass is 9.94. The van der Waals surface area contributed by atoms with Crippen LogP contribution >= 0.6 is 0 Å². The molecule has 0 bridgehead atoms. The van der Waals surface area contributed by atoms with Gasteiger partial charge in [0.25, 0.3) is 0 Å². The fourth-order valence-corrected chi connectivity index (χ4v) is 1.92. The molecule has 0 aromatic carbocycles. The number of H-pyrrole nitrogens is 1. The lowest BCUT2D eigenvalue weighted by Gasteiger charge is -2.28. The number of aryl methyl sites for hydroxylation is 1. The van der Waals surface area contributed by atoms with E-state index in [1.54, 1.807) is 0 Å². The number of hydrogen-bond acceptors (Lipinski definition) is 3. The minimum absolute atomic E-state index is 0.101. The number of ether oxygens (including phenoxy) is 1. The standard InChI is InChI=1S/C11H19N3O/c1-8-10(7-13-14-8)6-12-11(3)4-5-15-9(11)2/h7,9,12H,4-6H2,1-3H3,(H,13,14). The van der Waals surface area contributed by atoms with Crippen LogP contribution in [0.15, 0.2) is 6.20 Å². The highest BCUT2D eigenvalue weighted by molar-refractivity contribution is 5.14. The molecule has 4 nitrogen and oxygen atoms in total. The van der Waals surface area contributed by atoms with Crippen molar-refractivity contribution in [3.05, 3.63) is 17.5 Å². The first-order valence-electron chi connectivity index (χ1n) is 5.47. The largest absolute Gasteiger partial charge is 0.377 e. The van der Waals surface area contributed by atoms with Crippen molar-refractivity contribution in [2.24, 2.45) is 0 Å². The van der Waals surface area contributed by atoms with Crippen LogP contribution in [0.5, 0.6) is 0 Å². The smallest absolute Gasteiger partial charge is 0.0726 e. The van der Waals surface area contributed by atoms with Gasteiger partial charge in [-0.1, -0.05) is 0 Å². The van der Waals surface area contributed by atoms with Crippen LogP contribution in [-0.4, -0.2) is 28.4 Å². The Labute approximate surface area is 90.4 Å². The Balaban J connectivity index is 1.96. The molecule has 2 heterocycles. The van der Waals surface area contributed by atoms with Gasteiger partial charge in [0.15, 0.2) is 0 Å². The maximum atomic E-state index is 5.58. The molecule has 0 radical (unpaired) electrons. The summed E-state index contributed by atoms with van der Waals surface area (Å²) in [6, 6.07) is 0. The summed E-state index contributed by atoms with van der Waals surface area (Å²) in [4.78, 5) is 0. The molecule has 1 saturated heterocycles. The van der Waals surface area contributed by atoms with Crippen LogP contribution in [0.25, 0.3) is 0 Å². The molecule has 15 heavy (non-hydrogen) atoms. The fraction of sp³-hybridized carbons (Fsp3) is 0.727. The summed E-state index contributed by atoms with van der Waals surface area (Å²) in [6.45, 7) is 8.10. The normalized spacial score (nSPS) is 31.0. The van der Waals surface area contributed by atoms with E-state index in [1.165, 1.54) is 5.56 Å². The van der Waals surface area contributed by atoms with Gasteiger partial charge < -0.3 is 10.1 Å². The molecule has 2 unspecified atom stereocenters.